The summed E-state index contributed by atoms with van der Waals surface area (Å²) < 4.78 is 26.4. The van der Waals surface area contributed by atoms with Crippen molar-refractivity contribution in [2.75, 3.05) is 51.8 Å². The van der Waals surface area contributed by atoms with Gasteiger partial charge >= 0.3 is 0 Å². The third-order valence-corrected chi connectivity index (χ3v) is 6.71. The summed E-state index contributed by atoms with van der Waals surface area (Å²) in [7, 11) is 2.10. The first-order valence-electron chi connectivity index (χ1n) is 10.4. The number of fused-ring (bicyclic) bond motifs is 1. The van der Waals surface area contributed by atoms with Gasteiger partial charge in [-0.05, 0) is 33.3 Å². The lowest BCUT2D eigenvalue weighted by atomic mass is 9.97. The summed E-state index contributed by atoms with van der Waals surface area (Å²) in [6, 6.07) is 3.21. The van der Waals surface area contributed by atoms with Crippen molar-refractivity contribution in [1.29, 1.82) is 0 Å². The molecule has 31 heavy (non-hydrogen) atoms. The van der Waals surface area contributed by atoms with Gasteiger partial charge in [0.2, 0.25) is 0 Å². The molecule has 0 saturated carbocycles. The van der Waals surface area contributed by atoms with Crippen LogP contribution in [0.25, 0.3) is 11.3 Å². The first-order chi connectivity index (χ1) is 14.6. The summed E-state index contributed by atoms with van der Waals surface area (Å²) >= 11 is 0. The smallest absolute Gasteiger partial charge is 0.256 e. The lowest BCUT2D eigenvalue weighted by Gasteiger charge is -2.31. The Hall–Kier alpha value is -2.23. The first kappa shape index (κ1) is 23.4. The van der Waals surface area contributed by atoms with Crippen molar-refractivity contribution >= 4 is 22.6 Å². The minimum absolute atomic E-state index is 0.191. The maximum Gasteiger partial charge on any atom is 0.256 e. The average Bonchev–Trinajstić information content (AvgIpc) is 2.74. The fraction of sp³-hybridized carbons (Fsp3) is 0.545. The van der Waals surface area contributed by atoms with Crippen LogP contribution in [-0.2, 0) is 22.1 Å². The quantitative estimate of drug-likeness (QED) is 0.724. The van der Waals surface area contributed by atoms with Crippen LogP contribution in [0.1, 0.15) is 36.7 Å². The van der Waals surface area contributed by atoms with Gasteiger partial charge in [0, 0.05) is 51.0 Å². The molecule has 3 aliphatic rings. The van der Waals surface area contributed by atoms with E-state index >= 15 is 0 Å². The molecular weight excluding hydrogens is 418 g/mol. The van der Waals surface area contributed by atoms with E-state index in [1.807, 2.05) is 20.8 Å². The van der Waals surface area contributed by atoms with Crippen molar-refractivity contribution in [3.63, 3.8) is 0 Å². The third kappa shape index (κ3) is 5.34. The van der Waals surface area contributed by atoms with Crippen LogP contribution < -0.4 is 15.1 Å². The largest absolute Gasteiger partial charge is 0.463 e. The number of anilines is 1. The first-order valence-corrected chi connectivity index (χ1v) is 11.5. The van der Waals surface area contributed by atoms with E-state index in [4.69, 9.17) is 9.15 Å². The summed E-state index contributed by atoms with van der Waals surface area (Å²) in [6.45, 7) is 8.73. The van der Waals surface area contributed by atoms with Gasteiger partial charge in [0.15, 0.2) is 5.43 Å². The van der Waals surface area contributed by atoms with Gasteiger partial charge in [-0.25, -0.2) is 8.93 Å². The van der Waals surface area contributed by atoms with E-state index in [0.717, 1.165) is 11.3 Å². The molecule has 9 heteroatoms. The normalized spacial score (nSPS) is 15.8. The highest BCUT2D eigenvalue weighted by Crippen LogP contribution is 2.32. The van der Waals surface area contributed by atoms with Crippen molar-refractivity contribution in [3.8, 4) is 11.3 Å². The second-order valence-corrected chi connectivity index (χ2v) is 10.8. The number of nitrogens with one attached hydrogen (secondary N) is 1. The molecule has 2 aliphatic heterocycles. The minimum Gasteiger partial charge on any atom is -0.463 e. The van der Waals surface area contributed by atoms with Crippen LogP contribution in [0.4, 0.5) is 5.69 Å². The Morgan fingerprint density at radius 3 is 2.52 bits per heavy atom. The SMILES string of the molecule is CN(C)C(=O)c1coc2c(CCNS(=O)C(C)(C)C)c(N3CCOCC3)cc(=O)c-2c1. The van der Waals surface area contributed by atoms with E-state index in [2.05, 4.69) is 9.62 Å². The van der Waals surface area contributed by atoms with Gasteiger partial charge in [0.25, 0.3) is 5.91 Å². The Morgan fingerprint density at radius 1 is 1.23 bits per heavy atom. The Morgan fingerprint density at radius 2 is 1.90 bits per heavy atom. The lowest BCUT2D eigenvalue weighted by Crippen LogP contribution is -2.38. The molecule has 1 amide bonds. The Labute approximate surface area is 185 Å². The predicted octanol–water partition coefficient (Wildman–Crippen LogP) is 1.88. The van der Waals surface area contributed by atoms with E-state index < -0.39 is 11.0 Å². The predicted molar refractivity (Wildman–Crippen MR) is 122 cm³/mol. The molecular formula is C22H31N3O5S. The molecule has 3 rings (SSSR count). The molecule has 0 radical (unpaired) electrons. The fourth-order valence-electron chi connectivity index (χ4n) is 3.45. The molecule has 0 aromatic carbocycles. The topological polar surface area (TPSA) is 92.1 Å². The van der Waals surface area contributed by atoms with E-state index in [0.29, 0.717) is 56.2 Å². The number of hydrogen-bond donors (Lipinski definition) is 1. The molecule has 1 unspecified atom stereocenters. The number of benzene rings is 1. The van der Waals surface area contributed by atoms with Crippen LogP contribution in [0.2, 0.25) is 0 Å². The van der Waals surface area contributed by atoms with Crippen LogP contribution in [0.5, 0.6) is 0 Å². The van der Waals surface area contributed by atoms with Crippen LogP contribution in [-0.4, -0.2) is 66.7 Å². The molecule has 1 fully saturated rings. The van der Waals surface area contributed by atoms with Gasteiger partial charge in [-0.3, -0.25) is 9.59 Å². The number of ether oxygens (including phenoxy) is 1. The lowest BCUT2D eigenvalue weighted by molar-refractivity contribution is 0.0825. The Bertz CT molecular complexity index is 990. The maximum atomic E-state index is 12.9. The van der Waals surface area contributed by atoms with E-state index in [-0.39, 0.29) is 16.1 Å². The fourth-order valence-corrected chi connectivity index (χ4v) is 4.17. The Kier molecular flexibility index (Phi) is 7.18. The van der Waals surface area contributed by atoms with Gasteiger partial charge in [0.05, 0.1) is 40.1 Å². The summed E-state index contributed by atoms with van der Waals surface area (Å²) in [5.74, 6) is 0.235. The molecule has 1 atom stereocenters. The van der Waals surface area contributed by atoms with Crippen molar-refractivity contribution in [1.82, 2.24) is 9.62 Å². The second-order valence-electron chi connectivity index (χ2n) is 8.78. The number of carbonyl (C=O) groups is 1. The highest BCUT2D eigenvalue weighted by atomic mass is 32.2. The number of nitrogens with zero attached hydrogens (tertiary/aromatic N) is 2. The molecule has 170 valence electrons. The average molecular weight is 450 g/mol. The van der Waals surface area contributed by atoms with Crippen LogP contribution >= 0.6 is 0 Å². The van der Waals surface area contributed by atoms with Crippen molar-refractivity contribution in [2.45, 2.75) is 31.9 Å². The van der Waals surface area contributed by atoms with Crippen molar-refractivity contribution in [2.24, 2.45) is 0 Å². The zero-order valence-corrected chi connectivity index (χ0v) is 19.6. The zero-order chi connectivity index (χ0) is 22.8. The maximum absolute atomic E-state index is 12.9. The summed E-state index contributed by atoms with van der Waals surface area (Å²) in [5, 5.41) is 0. The van der Waals surface area contributed by atoms with Gasteiger partial charge in [0.1, 0.15) is 12.0 Å². The zero-order valence-electron chi connectivity index (χ0n) is 18.8. The van der Waals surface area contributed by atoms with Gasteiger partial charge < -0.3 is 19.0 Å². The van der Waals surface area contributed by atoms with Gasteiger partial charge in [-0.1, -0.05) is 0 Å². The molecule has 1 N–H and O–H groups in total. The molecule has 0 aromatic heterocycles. The second kappa shape index (κ2) is 9.50. The highest BCUT2D eigenvalue weighted by molar-refractivity contribution is 7.84. The molecule has 0 spiro atoms. The van der Waals surface area contributed by atoms with Gasteiger partial charge in [-0.2, -0.15) is 0 Å². The van der Waals surface area contributed by atoms with Crippen LogP contribution in [0, 0.1) is 0 Å². The van der Waals surface area contributed by atoms with E-state index in [9.17, 15) is 13.8 Å². The summed E-state index contributed by atoms with van der Waals surface area (Å²) in [6.07, 6.45) is 1.92. The highest BCUT2D eigenvalue weighted by Gasteiger charge is 2.26. The third-order valence-electron chi connectivity index (χ3n) is 5.13. The molecule has 0 aromatic rings. The van der Waals surface area contributed by atoms with Crippen LogP contribution in [0.15, 0.2) is 27.6 Å². The summed E-state index contributed by atoms with van der Waals surface area (Å²) in [5.41, 5.74) is 2.17. The van der Waals surface area contributed by atoms with Crippen molar-refractivity contribution < 1.29 is 18.2 Å². The number of carbonyl (C=O) groups excluding carboxylic acids is 1. The molecule has 2 heterocycles. The Balaban J connectivity index is 2.02. The molecule has 0 bridgehead atoms. The summed E-state index contributed by atoms with van der Waals surface area (Å²) in [4.78, 5) is 28.8. The van der Waals surface area contributed by atoms with E-state index in [1.54, 1.807) is 26.2 Å². The van der Waals surface area contributed by atoms with E-state index in [1.165, 1.54) is 11.2 Å². The molecule has 1 saturated heterocycles. The number of amides is 1. The molecule has 8 nitrogen and oxygen atoms in total. The minimum atomic E-state index is -1.20. The standard InChI is InChI=1S/C22H31N3O5S/c1-22(2,3)31(28)23-7-6-16-18(25-8-10-29-11-9-25)13-19(26)17-12-15(14-30-20(16)17)21(27)24(4)5/h12-14,23H,6-11H2,1-5H3. The van der Waals surface area contributed by atoms with Gasteiger partial charge in [-0.15, -0.1) is 0 Å². The molecule has 1 aliphatic carbocycles. The number of morpholine rings is 1. The van der Waals surface area contributed by atoms with Crippen LogP contribution in [0.3, 0.4) is 0 Å². The number of rotatable bonds is 6. The number of hydrogen-bond acceptors (Lipinski definition) is 6. The monoisotopic (exact) mass is 449 g/mol. The van der Waals surface area contributed by atoms with Crippen molar-refractivity contribution in [3.05, 3.63) is 39.7 Å².